The molecule has 5 nitrogen and oxygen atoms in total. The number of carbonyl (C=O) groups is 2. The third-order valence-electron chi connectivity index (χ3n) is 9.15. The molecule has 1 amide bonds. The lowest BCUT2D eigenvalue weighted by molar-refractivity contribution is -0.119. The van der Waals surface area contributed by atoms with Crippen molar-refractivity contribution in [2.45, 2.75) is 107 Å². The topological polar surface area (TPSA) is 64.6 Å². The summed E-state index contributed by atoms with van der Waals surface area (Å²) in [5, 5.41) is 3.00. The van der Waals surface area contributed by atoms with Crippen LogP contribution >= 0.6 is 0 Å². The molecule has 2 aliphatic carbocycles. The molecule has 254 valence electrons. The molecule has 2 aliphatic rings. The van der Waals surface area contributed by atoms with Gasteiger partial charge in [-0.3, -0.25) is 9.59 Å². The van der Waals surface area contributed by atoms with Gasteiger partial charge in [0.2, 0.25) is 0 Å². The lowest BCUT2D eigenvalue weighted by Gasteiger charge is -2.27. The number of benzene rings is 1. The summed E-state index contributed by atoms with van der Waals surface area (Å²) in [5.74, 6) is 3.05. The van der Waals surface area contributed by atoms with Gasteiger partial charge in [-0.15, -0.1) is 0 Å². The third kappa shape index (κ3) is 12.2. The maximum Gasteiger partial charge on any atom is 0.255 e. The Labute approximate surface area is 278 Å². The number of hydrogen-bond acceptors (Lipinski definition) is 4. The Bertz CT molecular complexity index is 1280. The van der Waals surface area contributed by atoms with Crippen LogP contribution in [0.4, 0.5) is 5.69 Å². The minimum absolute atomic E-state index is 0. The molecule has 0 aliphatic heterocycles. The first-order valence-electron chi connectivity index (χ1n) is 16.9. The summed E-state index contributed by atoms with van der Waals surface area (Å²) in [5.41, 5.74) is 3.84. The number of rotatable bonds is 13. The predicted molar refractivity (Wildman–Crippen MR) is 195 cm³/mol. The second-order valence-electron chi connectivity index (χ2n) is 13.7. The van der Waals surface area contributed by atoms with Crippen LogP contribution in [0, 0.1) is 22.7 Å². The Morgan fingerprint density at radius 2 is 1.73 bits per heavy atom. The number of amides is 1. The number of hydrogen-bond donors (Lipinski definition) is 1. The third-order valence-corrected chi connectivity index (χ3v) is 9.15. The van der Waals surface area contributed by atoms with Crippen molar-refractivity contribution in [1.82, 2.24) is 0 Å². The molecule has 0 spiro atoms. The Kier molecular flexibility index (Phi) is 15.1. The van der Waals surface area contributed by atoms with Gasteiger partial charge in [-0.25, -0.2) is 0 Å². The SMILES string of the molecule is C/C=C(\C=C(/OC)C(C)(C)C)CCC(=O)CCc1ccc(NC(=O)C2=CCC=C(OCC3CCC(C)(C)C3C)C=C2)cc1.CC.[HH].[HH].[HH]. The van der Waals surface area contributed by atoms with Crippen molar-refractivity contribution in [3.8, 4) is 0 Å². The smallest absolute Gasteiger partial charge is 0.255 e. The normalized spacial score (nSPS) is 19.9. The Hall–Kier alpha value is -3.34. The molecule has 1 aromatic carbocycles. The van der Waals surface area contributed by atoms with Crippen molar-refractivity contribution in [1.29, 1.82) is 0 Å². The first-order valence-corrected chi connectivity index (χ1v) is 16.9. The van der Waals surface area contributed by atoms with Gasteiger partial charge in [-0.1, -0.05) is 79.7 Å². The zero-order valence-corrected chi connectivity index (χ0v) is 29.7. The van der Waals surface area contributed by atoms with Crippen LogP contribution in [-0.4, -0.2) is 25.4 Å². The van der Waals surface area contributed by atoms with Crippen molar-refractivity contribution >= 4 is 17.4 Å². The first-order chi connectivity index (χ1) is 21.3. The van der Waals surface area contributed by atoms with Gasteiger partial charge in [0, 0.05) is 33.8 Å². The maximum absolute atomic E-state index is 12.9. The molecule has 3 rings (SSSR count). The van der Waals surface area contributed by atoms with Gasteiger partial charge in [0.05, 0.1) is 13.7 Å². The van der Waals surface area contributed by atoms with Crippen LogP contribution < -0.4 is 5.32 Å². The zero-order chi connectivity index (χ0) is 33.6. The number of Topliss-reactive ketones (excluding diaryl/α,β-unsaturated/α-hetero) is 1. The molecule has 0 heterocycles. The molecule has 1 saturated carbocycles. The molecule has 1 fully saturated rings. The number of allylic oxidation sites excluding steroid dienone is 7. The molecular formula is C40H65NO4. The lowest BCUT2D eigenvalue weighted by Crippen LogP contribution is -2.21. The largest absolute Gasteiger partial charge is 0.501 e. The van der Waals surface area contributed by atoms with E-state index in [-0.39, 0.29) is 21.4 Å². The molecule has 1 N–H and O–H groups in total. The fourth-order valence-corrected chi connectivity index (χ4v) is 5.69. The van der Waals surface area contributed by atoms with E-state index in [1.54, 1.807) is 7.11 Å². The Balaban J connectivity index is 0. The maximum atomic E-state index is 12.9. The quantitative estimate of drug-likeness (QED) is 0.175. The van der Waals surface area contributed by atoms with Crippen LogP contribution in [0.3, 0.4) is 0 Å². The molecule has 2 atom stereocenters. The lowest BCUT2D eigenvalue weighted by atomic mass is 9.80. The molecule has 0 saturated heterocycles. The number of aryl methyl sites for hydroxylation is 1. The number of ether oxygens (including phenoxy) is 2. The summed E-state index contributed by atoms with van der Waals surface area (Å²) in [6.45, 7) is 20.1. The van der Waals surface area contributed by atoms with Crippen molar-refractivity contribution in [2.24, 2.45) is 22.7 Å². The minimum Gasteiger partial charge on any atom is -0.501 e. The van der Waals surface area contributed by atoms with Crippen LogP contribution in [0.25, 0.3) is 0 Å². The van der Waals surface area contributed by atoms with Gasteiger partial charge in [-0.2, -0.15) is 0 Å². The summed E-state index contributed by atoms with van der Waals surface area (Å²) in [6, 6.07) is 7.76. The Morgan fingerprint density at radius 1 is 1.04 bits per heavy atom. The second kappa shape index (κ2) is 18.0. The van der Waals surface area contributed by atoms with E-state index >= 15 is 0 Å². The summed E-state index contributed by atoms with van der Waals surface area (Å²) >= 11 is 0. The fraction of sp³-hybridized carbons (Fsp3) is 0.550. The predicted octanol–water partition coefficient (Wildman–Crippen LogP) is 11.1. The molecule has 0 aromatic heterocycles. The molecule has 0 radical (unpaired) electrons. The van der Waals surface area contributed by atoms with Gasteiger partial charge < -0.3 is 14.8 Å². The van der Waals surface area contributed by atoms with E-state index < -0.39 is 0 Å². The van der Waals surface area contributed by atoms with E-state index in [0.29, 0.717) is 54.9 Å². The van der Waals surface area contributed by atoms with Crippen LogP contribution in [-0.2, 0) is 25.5 Å². The van der Waals surface area contributed by atoms with Gasteiger partial charge in [0.25, 0.3) is 5.91 Å². The molecule has 45 heavy (non-hydrogen) atoms. The zero-order valence-electron chi connectivity index (χ0n) is 29.7. The Morgan fingerprint density at radius 3 is 2.31 bits per heavy atom. The second-order valence-corrected chi connectivity index (χ2v) is 13.7. The highest BCUT2D eigenvalue weighted by molar-refractivity contribution is 6.05. The molecule has 0 bridgehead atoms. The van der Waals surface area contributed by atoms with E-state index in [0.717, 1.165) is 34.9 Å². The highest BCUT2D eigenvalue weighted by Gasteiger charge is 2.38. The van der Waals surface area contributed by atoms with E-state index in [4.69, 9.17) is 9.47 Å². The van der Waals surface area contributed by atoms with Crippen LogP contribution in [0.5, 0.6) is 0 Å². The summed E-state index contributed by atoms with van der Waals surface area (Å²) in [6.07, 6.45) is 17.3. The number of methoxy groups -OCH3 is 1. The molecular weight excluding hydrogens is 558 g/mol. The highest BCUT2D eigenvalue weighted by atomic mass is 16.5. The van der Waals surface area contributed by atoms with Crippen molar-refractivity contribution in [2.75, 3.05) is 19.0 Å². The minimum atomic E-state index is -0.142. The summed E-state index contributed by atoms with van der Waals surface area (Å²) < 4.78 is 11.7. The van der Waals surface area contributed by atoms with E-state index in [1.165, 1.54) is 12.8 Å². The van der Waals surface area contributed by atoms with E-state index in [9.17, 15) is 9.59 Å². The number of anilines is 1. The van der Waals surface area contributed by atoms with Gasteiger partial charge in [0.15, 0.2) is 0 Å². The standard InChI is InChI=1S/C38H53NO4.C2H6.3H2/c1-9-28(25-35(42-8)37(3,4)5)15-20-33(40)21-16-29-13-18-32(19-14-29)39-36(41)30-11-10-12-34(22-17-30)43-26-31-23-24-38(6,7)27(31)2;1-2;;;/h9,11-14,17-19,22,25,27,31H,10,15-16,20-21,23-24,26H2,1-8H3,(H,39,41);1-2H3;3*1H/b28-9-,35-25-;;;;. The molecule has 1 aromatic rings. The average molecular weight is 624 g/mol. The first kappa shape index (κ1) is 37.8. The highest BCUT2D eigenvalue weighted by Crippen LogP contribution is 2.46. The molecule has 2 unspecified atom stereocenters. The van der Waals surface area contributed by atoms with Gasteiger partial charge >= 0.3 is 0 Å². The fourth-order valence-electron chi connectivity index (χ4n) is 5.69. The number of ketones is 1. The average Bonchev–Trinajstić information content (AvgIpc) is 3.15. The van der Waals surface area contributed by atoms with Gasteiger partial charge in [-0.05, 0) is 104 Å². The number of carbonyl (C=O) groups excluding carboxylic acids is 2. The summed E-state index contributed by atoms with van der Waals surface area (Å²) in [7, 11) is 1.69. The van der Waals surface area contributed by atoms with Gasteiger partial charge in [0.1, 0.15) is 17.3 Å². The van der Waals surface area contributed by atoms with Crippen molar-refractivity contribution in [3.63, 3.8) is 0 Å². The van der Waals surface area contributed by atoms with Crippen LogP contribution in [0.15, 0.2) is 83.4 Å². The van der Waals surface area contributed by atoms with Crippen LogP contribution in [0.1, 0.15) is 111 Å². The van der Waals surface area contributed by atoms with Crippen molar-refractivity contribution in [3.05, 3.63) is 88.9 Å². The van der Waals surface area contributed by atoms with E-state index in [1.807, 2.05) is 75.4 Å². The number of nitrogens with one attached hydrogen (secondary N) is 1. The molecule has 5 heteroatoms. The van der Waals surface area contributed by atoms with Crippen LogP contribution in [0.2, 0.25) is 0 Å². The summed E-state index contributed by atoms with van der Waals surface area (Å²) in [4.78, 5) is 25.6. The van der Waals surface area contributed by atoms with E-state index in [2.05, 4.69) is 52.9 Å². The van der Waals surface area contributed by atoms with Crippen molar-refractivity contribution < 1.29 is 23.3 Å². The monoisotopic (exact) mass is 623 g/mol.